The third kappa shape index (κ3) is 2.58. The van der Waals surface area contributed by atoms with Crippen LogP contribution >= 0.6 is 15.9 Å². The van der Waals surface area contributed by atoms with Gasteiger partial charge in [-0.15, -0.1) is 0 Å². The molecule has 1 aromatic carbocycles. The summed E-state index contributed by atoms with van der Waals surface area (Å²) >= 11 is 3.52. The van der Waals surface area contributed by atoms with Gasteiger partial charge in [-0.05, 0) is 29.3 Å². The number of aromatic nitrogens is 3. The molecule has 0 saturated heterocycles. The van der Waals surface area contributed by atoms with E-state index in [1.54, 1.807) is 12.5 Å². The fourth-order valence-electron chi connectivity index (χ4n) is 2.21. The zero-order valence-electron chi connectivity index (χ0n) is 10.1. The van der Waals surface area contributed by atoms with Crippen molar-refractivity contribution in [3.05, 3.63) is 82.6 Å². The second-order valence-electron chi connectivity index (χ2n) is 4.28. The first kappa shape index (κ1) is 12.1. The molecule has 0 aliphatic carbocycles. The van der Waals surface area contributed by atoms with Gasteiger partial charge in [0.2, 0.25) is 0 Å². The molecule has 3 rings (SSSR count). The average molecular weight is 314 g/mol. The van der Waals surface area contributed by atoms with Crippen LogP contribution < -0.4 is 0 Å². The number of nitrogens with one attached hydrogen (secondary N) is 1. The molecule has 1 unspecified atom stereocenters. The van der Waals surface area contributed by atoms with Gasteiger partial charge in [0, 0.05) is 28.8 Å². The van der Waals surface area contributed by atoms with Gasteiger partial charge in [0.25, 0.3) is 0 Å². The van der Waals surface area contributed by atoms with Crippen LogP contribution in [0.15, 0.2) is 65.8 Å². The average Bonchev–Trinajstić information content (AvgIpc) is 2.94. The molecule has 0 bridgehead atoms. The van der Waals surface area contributed by atoms with Crippen LogP contribution in [-0.4, -0.2) is 15.0 Å². The van der Waals surface area contributed by atoms with E-state index in [0.29, 0.717) is 0 Å². The third-order valence-electron chi connectivity index (χ3n) is 3.03. The lowest BCUT2D eigenvalue weighted by Gasteiger charge is -2.16. The van der Waals surface area contributed by atoms with Crippen molar-refractivity contribution >= 4 is 15.9 Å². The van der Waals surface area contributed by atoms with Gasteiger partial charge in [0.15, 0.2) is 0 Å². The summed E-state index contributed by atoms with van der Waals surface area (Å²) in [5.74, 6) is 0.119. The fraction of sp³-hybridized carbons (Fsp3) is 0.0667. The Balaban J connectivity index is 2.12. The molecule has 2 aromatic heterocycles. The van der Waals surface area contributed by atoms with Gasteiger partial charge in [0.1, 0.15) is 0 Å². The van der Waals surface area contributed by atoms with Crippen molar-refractivity contribution in [2.24, 2.45) is 0 Å². The summed E-state index contributed by atoms with van der Waals surface area (Å²) in [6, 6.07) is 12.3. The number of halogens is 1. The summed E-state index contributed by atoms with van der Waals surface area (Å²) in [4.78, 5) is 11.5. The maximum absolute atomic E-state index is 4.22. The Labute approximate surface area is 119 Å². The zero-order valence-corrected chi connectivity index (χ0v) is 11.7. The molecule has 1 N–H and O–H groups in total. The maximum atomic E-state index is 4.22. The van der Waals surface area contributed by atoms with E-state index in [9.17, 15) is 0 Å². The van der Waals surface area contributed by atoms with Crippen LogP contribution in [0.2, 0.25) is 0 Å². The summed E-state index contributed by atoms with van der Waals surface area (Å²) in [6.07, 6.45) is 7.25. The topological polar surface area (TPSA) is 41.6 Å². The predicted octanol–water partition coefficient (Wildman–Crippen LogP) is 3.75. The molecule has 0 aliphatic heterocycles. The third-order valence-corrected chi connectivity index (χ3v) is 3.52. The molecule has 3 aromatic rings. The number of aromatic amines is 1. The van der Waals surface area contributed by atoms with Crippen molar-refractivity contribution in [3.63, 3.8) is 0 Å². The Bertz CT molecular complexity index is 650. The lowest BCUT2D eigenvalue weighted by atomic mass is 9.90. The van der Waals surface area contributed by atoms with Crippen LogP contribution in [-0.2, 0) is 0 Å². The molecule has 0 aliphatic rings. The minimum Gasteiger partial charge on any atom is -0.348 e. The van der Waals surface area contributed by atoms with Gasteiger partial charge < -0.3 is 4.98 Å². The van der Waals surface area contributed by atoms with Crippen LogP contribution in [0.4, 0.5) is 0 Å². The van der Waals surface area contributed by atoms with Gasteiger partial charge in [0.05, 0.1) is 12.2 Å². The van der Waals surface area contributed by atoms with Crippen LogP contribution in [0.1, 0.15) is 22.7 Å². The van der Waals surface area contributed by atoms with Crippen LogP contribution in [0.25, 0.3) is 0 Å². The molecule has 4 heteroatoms. The van der Waals surface area contributed by atoms with E-state index in [-0.39, 0.29) is 5.92 Å². The van der Waals surface area contributed by atoms with Crippen LogP contribution in [0, 0.1) is 0 Å². The van der Waals surface area contributed by atoms with E-state index in [2.05, 4.69) is 49.1 Å². The molecule has 0 saturated carbocycles. The largest absolute Gasteiger partial charge is 0.348 e. The number of nitrogens with zero attached hydrogens (tertiary/aromatic N) is 2. The van der Waals surface area contributed by atoms with Crippen LogP contribution in [0.3, 0.4) is 0 Å². The first-order chi connectivity index (χ1) is 9.34. The minimum atomic E-state index is 0.119. The first-order valence-corrected chi connectivity index (χ1v) is 6.77. The zero-order chi connectivity index (χ0) is 13.1. The van der Waals surface area contributed by atoms with E-state index in [1.165, 1.54) is 5.56 Å². The number of hydrogen-bond donors (Lipinski definition) is 1. The predicted molar refractivity (Wildman–Crippen MR) is 77.9 cm³/mol. The highest BCUT2D eigenvalue weighted by atomic mass is 79.9. The van der Waals surface area contributed by atoms with Gasteiger partial charge in [-0.3, -0.25) is 4.98 Å². The molecular formula is C15H12BrN3. The van der Waals surface area contributed by atoms with Crippen molar-refractivity contribution in [1.82, 2.24) is 15.0 Å². The summed E-state index contributed by atoms with van der Waals surface area (Å²) in [6.45, 7) is 0. The van der Waals surface area contributed by atoms with Gasteiger partial charge in [-0.25, -0.2) is 4.98 Å². The summed E-state index contributed by atoms with van der Waals surface area (Å²) in [7, 11) is 0. The monoisotopic (exact) mass is 313 g/mol. The molecule has 3 nitrogen and oxygen atoms in total. The standard InChI is InChI=1S/C15H12BrN3/c16-13-5-1-3-11(7-13)15(14-9-18-10-19-14)12-4-2-6-17-8-12/h1-10,15H,(H,18,19). The van der Waals surface area contributed by atoms with Gasteiger partial charge >= 0.3 is 0 Å². The minimum absolute atomic E-state index is 0.119. The van der Waals surface area contributed by atoms with E-state index >= 15 is 0 Å². The molecule has 0 amide bonds. The Morgan fingerprint density at radius 3 is 2.58 bits per heavy atom. The summed E-state index contributed by atoms with van der Waals surface area (Å²) in [5.41, 5.74) is 3.41. The van der Waals surface area contributed by atoms with Crippen molar-refractivity contribution in [3.8, 4) is 0 Å². The number of H-pyrrole nitrogens is 1. The van der Waals surface area contributed by atoms with Crippen molar-refractivity contribution in [2.75, 3.05) is 0 Å². The molecule has 19 heavy (non-hydrogen) atoms. The van der Waals surface area contributed by atoms with E-state index in [4.69, 9.17) is 0 Å². The molecule has 1 atom stereocenters. The Kier molecular flexibility index (Phi) is 3.42. The second kappa shape index (κ2) is 5.36. The smallest absolute Gasteiger partial charge is 0.0922 e. The van der Waals surface area contributed by atoms with Crippen molar-refractivity contribution in [2.45, 2.75) is 5.92 Å². The molecular weight excluding hydrogens is 302 g/mol. The second-order valence-corrected chi connectivity index (χ2v) is 5.20. The molecule has 0 radical (unpaired) electrons. The number of pyridine rings is 1. The van der Waals surface area contributed by atoms with E-state index < -0.39 is 0 Å². The molecule has 0 fully saturated rings. The number of rotatable bonds is 3. The SMILES string of the molecule is Brc1cccc(C(c2cccnc2)c2cnc[nH]2)c1. The Morgan fingerprint density at radius 2 is 1.89 bits per heavy atom. The highest BCUT2D eigenvalue weighted by molar-refractivity contribution is 9.10. The van der Waals surface area contributed by atoms with E-state index in [1.807, 2.05) is 30.6 Å². The van der Waals surface area contributed by atoms with Crippen molar-refractivity contribution in [1.29, 1.82) is 0 Å². The lowest BCUT2D eigenvalue weighted by molar-refractivity contribution is 0.922. The summed E-state index contributed by atoms with van der Waals surface area (Å²) in [5, 5.41) is 0. The normalized spacial score (nSPS) is 12.3. The van der Waals surface area contributed by atoms with Gasteiger partial charge in [-0.2, -0.15) is 0 Å². The van der Waals surface area contributed by atoms with Gasteiger partial charge in [-0.1, -0.05) is 34.1 Å². The van der Waals surface area contributed by atoms with Crippen molar-refractivity contribution < 1.29 is 0 Å². The highest BCUT2D eigenvalue weighted by Gasteiger charge is 2.18. The van der Waals surface area contributed by atoms with Crippen LogP contribution in [0.5, 0.6) is 0 Å². The first-order valence-electron chi connectivity index (χ1n) is 5.98. The molecule has 2 heterocycles. The lowest BCUT2D eigenvalue weighted by Crippen LogP contribution is -2.04. The fourth-order valence-corrected chi connectivity index (χ4v) is 2.63. The number of benzene rings is 1. The molecule has 94 valence electrons. The Morgan fingerprint density at radius 1 is 1.00 bits per heavy atom. The Hall–Kier alpha value is -1.94. The molecule has 0 spiro atoms. The summed E-state index contributed by atoms with van der Waals surface area (Å²) < 4.78 is 1.07. The van der Waals surface area contributed by atoms with E-state index in [0.717, 1.165) is 15.7 Å². The number of imidazole rings is 1. The quantitative estimate of drug-likeness (QED) is 0.800. The highest BCUT2D eigenvalue weighted by Crippen LogP contribution is 2.31. The maximum Gasteiger partial charge on any atom is 0.0922 e. The number of hydrogen-bond acceptors (Lipinski definition) is 2.